The molecule has 0 aliphatic carbocycles. The largest absolute Gasteiger partial charge is 0.439 e. The fourth-order valence-electron chi connectivity index (χ4n) is 2.03. The Bertz CT molecular complexity index is 758. The Morgan fingerprint density at radius 2 is 1.85 bits per heavy atom. The van der Waals surface area contributed by atoms with Gasteiger partial charge in [-0.25, -0.2) is 4.98 Å². The average molecular weight is 304 g/mol. The SMILES string of the molecule is ClCc1cc(Oc2cccc(Cl)c2)nc2ccccc12. The van der Waals surface area contributed by atoms with E-state index in [2.05, 4.69) is 4.98 Å². The molecule has 0 spiro atoms. The van der Waals surface area contributed by atoms with E-state index >= 15 is 0 Å². The number of alkyl halides is 1. The number of hydrogen-bond acceptors (Lipinski definition) is 2. The zero-order chi connectivity index (χ0) is 13.9. The van der Waals surface area contributed by atoms with Crippen LogP contribution in [0.15, 0.2) is 54.6 Å². The topological polar surface area (TPSA) is 22.1 Å². The highest BCUT2D eigenvalue weighted by Crippen LogP contribution is 2.27. The molecule has 0 atom stereocenters. The minimum absolute atomic E-state index is 0.412. The molecule has 4 heteroatoms. The van der Waals surface area contributed by atoms with Crippen LogP contribution < -0.4 is 4.74 Å². The van der Waals surface area contributed by atoms with Crippen molar-refractivity contribution in [2.75, 3.05) is 0 Å². The van der Waals surface area contributed by atoms with Gasteiger partial charge in [-0.2, -0.15) is 0 Å². The summed E-state index contributed by atoms with van der Waals surface area (Å²) in [5.41, 5.74) is 1.86. The van der Waals surface area contributed by atoms with Crippen LogP contribution in [0.25, 0.3) is 10.9 Å². The molecule has 0 bridgehead atoms. The molecule has 0 N–H and O–H groups in total. The zero-order valence-corrected chi connectivity index (χ0v) is 12.0. The summed E-state index contributed by atoms with van der Waals surface area (Å²) < 4.78 is 5.76. The van der Waals surface area contributed by atoms with Crippen LogP contribution in [0.2, 0.25) is 5.02 Å². The quantitative estimate of drug-likeness (QED) is 0.603. The third-order valence-corrected chi connectivity index (χ3v) is 3.46. The van der Waals surface area contributed by atoms with Crippen molar-refractivity contribution in [2.24, 2.45) is 0 Å². The van der Waals surface area contributed by atoms with Gasteiger partial charge < -0.3 is 4.74 Å². The highest BCUT2D eigenvalue weighted by molar-refractivity contribution is 6.30. The highest BCUT2D eigenvalue weighted by atomic mass is 35.5. The third kappa shape index (κ3) is 2.72. The summed E-state index contributed by atoms with van der Waals surface area (Å²) in [6, 6.07) is 16.9. The van der Waals surface area contributed by atoms with Crippen LogP contribution in [0.1, 0.15) is 5.56 Å². The molecule has 3 rings (SSSR count). The Balaban J connectivity index is 2.03. The van der Waals surface area contributed by atoms with Crippen molar-refractivity contribution >= 4 is 34.1 Å². The van der Waals surface area contributed by atoms with Gasteiger partial charge in [-0.3, -0.25) is 0 Å². The van der Waals surface area contributed by atoms with E-state index in [1.54, 1.807) is 12.1 Å². The molecule has 0 aliphatic rings. The smallest absolute Gasteiger partial charge is 0.220 e. The van der Waals surface area contributed by atoms with Crippen LogP contribution in [-0.2, 0) is 5.88 Å². The lowest BCUT2D eigenvalue weighted by Crippen LogP contribution is -1.92. The van der Waals surface area contributed by atoms with E-state index < -0.39 is 0 Å². The number of rotatable bonds is 3. The summed E-state index contributed by atoms with van der Waals surface area (Å²) in [5.74, 6) is 1.58. The molecule has 1 heterocycles. The van der Waals surface area contributed by atoms with Gasteiger partial charge in [0.1, 0.15) is 5.75 Å². The number of fused-ring (bicyclic) bond motifs is 1. The number of nitrogens with zero attached hydrogens (tertiary/aromatic N) is 1. The second-order valence-corrected chi connectivity index (χ2v) is 5.03. The van der Waals surface area contributed by atoms with Gasteiger partial charge in [0, 0.05) is 22.4 Å². The van der Waals surface area contributed by atoms with Crippen LogP contribution >= 0.6 is 23.2 Å². The van der Waals surface area contributed by atoms with Crippen LogP contribution in [0.3, 0.4) is 0 Å². The summed E-state index contributed by atoms with van der Waals surface area (Å²) in [7, 11) is 0. The highest BCUT2D eigenvalue weighted by Gasteiger charge is 2.06. The first-order chi connectivity index (χ1) is 9.76. The molecule has 0 aliphatic heterocycles. The van der Waals surface area contributed by atoms with E-state index in [-0.39, 0.29) is 0 Å². The van der Waals surface area contributed by atoms with Crippen molar-refractivity contribution in [1.29, 1.82) is 0 Å². The van der Waals surface area contributed by atoms with Gasteiger partial charge in [0.05, 0.1) is 5.52 Å². The maximum absolute atomic E-state index is 6.00. The van der Waals surface area contributed by atoms with E-state index in [9.17, 15) is 0 Å². The molecule has 0 radical (unpaired) electrons. The number of pyridine rings is 1. The van der Waals surface area contributed by atoms with Crippen LogP contribution in [0.4, 0.5) is 0 Å². The Hall–Kier alpha value is -1.77. The second-order valence-electron chi connectivity index (χ2n) is 4.33. The Morgan fingerprint density at radius 3 is 2.65 bits per heavy atom. The number of hydrogen-bond donors (Lipinski definition) is 0. The first kappa shape index (κ1) is 13.2. The van der Waals surface area contributed by atoms with Gasteiger partial charge in [0.15, 0.2) is 0 Å². The van der Waals surface area contributed by atoms with Gasteiger partial charge in [-0.05, 0) is 29.8 Å². The molecule has 0 amide bonds. The maximum Gasteiger partial charge on any atom is 0.220 e. The first-order valence-corrected chi connectivity index (χ1v) is 7.05. The Kier molecular flexibility index (Phi) is 3.77. The van der Waals surface area contributed by atoms with Gasteiger partial charge in [0.2, 0.25) is 5.88 Å². The monoisotopic (exact) mass is 303 g/mol. The second kappa shape index (κ2) is 5.70. The van der Waals surface area contributed by atoms with Crippen LogP contribution in [0.5, 0.6) is 11.6 Å². The van der Waals surface area contributed by atoms with Crippen molar-refractivity contribution in [2.45, 2.75) is 5.88 Å². The number of aromatic nitrogens is 1. The molecule has 3 aromatic rings. The zero-order valence-electron chi connectivity index (χ0n) is 10.5. The fraction of sp³-hybridized carbons (Fsp3) is 0.0625. The predicted octanol–water partition coefficient (Wildman–Crippen LogP) is 5.42. The van der Waals surface area contributed by atoms with Crippen molar-refractivity contribution in [1.82, 2.24) is 4.98 Å². The number of ether oxygens (including phenoxy) is 1. The summed E-state index contributed by atoms with van der Waals surface area (Å²) in [5, 5.41) is 1.67. The van der Waals surface area contributed by atoms with E-state index in [0.717, 1.165) is 16.5 Å². The average Bonchev–Trinajstić information content (AvgIpc) is 2.46. The molecule has 0 saturated carbocycles. The molecule has 0 unspecified atom stereocenters. The molecule has 1 aromatic heterocycles. The molecule has 100 valence electrons. The van der Waals surface area contributed by atoms with Crippen molar-refractivity contribution in [3.8, 4) is 11.6 Å². The summed E-state index contributed by atoms with van der Waals surface area (Å²) in [4.78, 5) is 4.48. The summed E-state index contributed by atoms with van der Waals surface area (Å²) in [6.07, 6.45) is 0. The summed E-state index contributed by atoms with van der Waals surface area (Å²) in [6.45, 7) is 0. The van der Waals surface area contributed by atoms with E-state index in [4.69, 9.17) is 27.9 Å². The van der Waals surface area contributed by atoms with Crippen molar-refractivity contribution < 1.29 is 4.74 Å². The predicted molar refractivity (Wildman–Crippen MR) is 82.8 cm³/mol. The van der Waals surface area contributed by atoms with Crippen molar-refractivity contribution in [3.63, 3.8) is 0 Å². The Morgan fingerprint density at radius 1 is 1.00 bits per heavy atom. The van der Waals surface area contributed by atoms with Crippen LogP contribution in [0, 0.1) is 0 Å². The van der Waals surface area contributed by atoms with E-state index in [1.165, 1.54) is 0 Å². The molecule has 2 aromatic carbocycles. The lowest BCUT2D eigenvalue weighted by molar-refractivity contribution is 0.464. The standard InChI is InChI=1S/C16H11Cl2NO/c17-10-11-8-16(19-15-7-2-1-6-14(11)15)20-13-5-3-4-12(18)9-13/h1-9H,10H2. The summed E-state index contributed by atoms with van der Waals surface area (Å²) >= 11 is 11.9. The lowest BCUT2D eigenvalue weighted by atomic mass is 10.1. The first-order valence-electron chi connectivity index (χ1n) is 6.14. The molecule has 2 nitrogen and oxygen atoms in total. The van der Waals surface area contributed by atoms with Gasteiger partial charge >= 0.3 is 0 Å². The minimum Gasteiger partial charge on any atom is -0.439 e. The Labute approximate surface area is 126 Å². The maximum atomic E-state index is 6.00. The molecular formula is C16H11Cl2NO. The lowest BCUT2D eigenvalue weighted by Gasteiger charge is -2.09. The molecule has 20 heavy (non-hydrogen) atoms. The molecule has 0 saturated heterocycles. The molecular weight excluding hydrogens is 293 g/mol. The number of halogens is 2. The fourth-order valence-corrected chi connectivity index (χ4v) is 2.44. The molecule has 0 fully saturated rings. The normalized spacial score (nSPS) is 10.7. The minimum atomic E-state index is 0.412. The van der Waals surface area contributed by atoms with Crippen molar-refractivity contribution in [3.05, 3.63) is 65.2 Å². The van der Waals surface area contributed by atoms with Gasteiger partial charge in [0.25, 0.3) is 0 Å². The third-order valence-electron chi connectivity index (χ3n) is 2.94. The van der Waals surface area contributed by atoms with Gasteiger partial charge in [-0.1, -0.05) is 35.9 Å². The van der Waals surface area contributed by atoms with Gasteiger partial charge in [-0.15, -0.1) is 11.6 Å². The van der Waals surface area contributed by atoms with Crippen LogP contribution in [-0.4, -0.2) is 4.98 Å². The van der Waals surface area contributed by atoms with E-state index in [1.807, 2.05) is 42.5 Å². The number of benzene rings is 2. The number of para-hydroxylation sites is 1. The van der Waals surface area contributed by atoms with E-state index in [0.29, 0.717) is 22.5 Å².